The SMILES string of the molecule is COC1(c2cccc(OC(=O)OCc3cc(C)cc(COC(=O)Oc4cccc(C5(OC)OOC56C5CC7CC(C5)CC6C7)c4)c3O[Si](C)(C)C(C)(C)C)c2)OOC12C1CC3CC(C1)CC2C3. The zero-order valence-electron chi connectivity index (χ0n) is 40.2. The minimum Gasteiger partial charge on any atom is -0.543 e. The van der Waals surface area contributed by atoms with E-state index in [0.29, 0.717) is 52.0 Å². The molecule has 2 aliphatic heterocycles. The number of hydrogen-bond donors (Lipinski definition) is 0. The molecular formula is C53H66O13Si. The minimum atomic E-state index is -2.48. The summed E-state index contributed by atoms with van der Waals surface area (Å²) in [7, 11) is 0.851. The summed E-state index contributed by atoms with van der Waals surface area (Å²) in [6.07, 6.45) is 9.75. The molecule has 0 N–H and O–H groups in total. The van der Waals surface area contributed by atoms with E-state index in [9.17, 15) is 9.59 Å². The van der Waals surface area contributed by atoms with Crippen LogP contribution in [-0.4, -0.2) is 46.0 Å². The van der Waals surface area contributed by atoms with Gasteiger partial charge in [0, 0.05) is 36.5 Å². The van der Waals surface area contributed by atoms with Crippen molar-refractivity contribution in [3.63, 3.8) is 0 Å². The first-order valence-corrected chi connectivity index (χ1v) is 27.5. The van der Waals surface area contributed by atoms with E-state index in [1.54, 1.807) is 38.5 Å². The predicted octanol–water partition coefficient (Wildman–Crippen LogP) is 11.7. The Bertz CT molecular complexity index is 2210. The lowest BCUT2D eigenvalue weighted by Crippen LogP contribution is -2.76. The van der Waals surface area contributed by atoms with Gasteiger partial charge in [-0.1, -0.05) is 50.6 Å². The maximum Gasteiger partial charge on any atom is 0.514 e. The van der Waals surface area contributed by atoms with Crippen LogP contribution in [0.1, 0.15) is 113 Å². The van der Waals surface area contributed by atoms with Gasteiger partial charge in [0.05, 0.1) is 0 Å². The molecule has 3 aromatic rings. The standard InChI is InChI=1S/C53H66O13Si/c1-31-15-36(29-58-47(54)60-44-13-9-11-38(27-44)52(56-5)50(63-65-52)40-19-32-17-33(21-40)22-41(50)20-32)46(62-67(7,8)49(2,3)4)37(16-31)30-59-48(55)61-45-14-10-12-39(28-45)53(57-6)51(64-66-53)42-23-34-18-35(25-42)26-43(51)24-34/h9-16,27-28,32-35,40-43H,17-26,29-30H2,1-8H3. The number of rotatable bonds is 12. The Hall–Kier alpha value is -4.02. The Labute approximate surface area is 394 Å². The fraction of sp³-hybridized carbons (Fsp3) is 0.623. The van der Waals surface area contributed by atoms with Crippen molar-refractivity contribution in [3.8, 4) is 17.2 Å². The Kier molecular flexibility index (Phi) is 11.0. The Morgan fingerprint density at radius 1 is 0.597 bits per heavy atom. The first-order valence-electron chi connectivity index (χ1n) is 24.6. The van der Waals surface area contributed by atoms with Crippen LogP contribution in [0.2, 0.25) is 18.1 Å². The smallest absolute Gasteiger partial charge is 0.514 e. The van der Waals surface area contributed by atoms with Crippen molar-refractivity contribution < 1.29 is 62.0 Å². The van der Waals surface area contributed by atoms with Crippen LogP contribution in [0, 0.1) is 54.3 Å². The molecule has 10 aliphatic rings. The molecule has 10 fully saturated rings. The monoisotopic (exact) mass is 938 g/mol. The number of benzene rings is 3. The summed E-state index contributed by atoms with van der Waals surface area (Å²) in [5.41, 5.74) is 2.42. The van der Waals surface area contributed by atoms with Crippen molar-refractivity contribution in [1.82, 2.24) is 0 Å². The molecule has 2 spiro atoms. The zero-order valence-corrected chi connectivity index (χ0v) is 41.2. The predicted molar refractivity (Wildman–Crippen MR) is 245 cm³/mol. The molecule has 0 amide bonds. The average Bonchev–Trinajstić information content (AvgIpc) is 3.25. The molecule has 67 heavy (non-hydrogen) atoms. The summed E-state index contributed by atoms with van der Waals surface area (Å²) >= 11 is 0. The summed E-state index contributed by atoms with van der Waals surface area (Å²) in [5, 5.41) is -0.171. The topological polar surface area (TPSA) is 136 Å². The van der Waals surface area contributed by atoms with E-state index < -0.39 is 43.4 Å². The first-order chi connectivity index (χ1) is 32.0. The fourth-order valence-electron chi connectivity index (χ4n) is 14.4. The molecule has 360 valence electrons. The van der Waals surface area contributed by atoms with E-state index in [4.69, 9.17) is 52.4 Å². The van der Waals surface area contributed by atoms with E-state index in [0.717, 1.165) is 91.7 Å². The summed E-state index contributed by atoms with van der Waals surface area (Å²) in [4.78, 5) is 51.3. The van der Waals surface area contributed by atoms with Gasteiger partial charge in [0.25, 0.3) is 19.9 Å². The van der Waals surface area contributed by atoms with Crippen LogP contribution >= 0.6 is 0 Å². The van der Waals surface area contributed by atoms with Gasteiger partial charge >= 0.3 is 12.3 Å². The van der Waals surface area contributed by atoms with Crippen LogP contribution in [-0.2, 0) is 63.3 Å². The molecular weight excluding hydrogens is 873 g/mol. The number of methoxy groups -OCH3 is 2. The van der Waals surface area contributed by atoms with Crippen LogP contribution in [0.4, 0.5) is 9.59 Å². The second-order valence-corrected chi connectivity index (χ2v) is 27.5. The van der Waals surface area contributed by atoms with Crippen molar-refractivity contribution in [1.29, 1.82) is 0 Å². The third-order valence-electron chi connectivity index (χ3n) is 18.0. The second-order valence-electron chi connectivity index (χ2n) is 22.8. The third kappa shape index (κ3) is 7.04. The maximum atomic E-state index is 13.5. The van der Waals surface area contributed by atoms with Crippen LogP contribution in [0.3, 0.4) is 0 Å². The van der Waals surface area contributed by atoms with Gasteiger partial charge in [0.1, 0.15) is 30.5 Å². The number of carbonyl (C=O) groups excluding carboxylic acids is 2. The minimum absolute atomic E-state index is 0.153. The first kappa shape index (κ1) is 45.4. The number of ether oxygens (including phenoxy) is 6. The summed E-state index contributed by atoms with van der Waals surface area (Å²) in [6, 6.07) is 18.4. The van der Waals surface area contributed by atoms with Crippen molar-refractivity contribution in [2.24, 2.45) is 47.3 Å². The fourth-order valence-corrected chi connectivity index (χ4v) is 15.5. The lowest BCUT2D eigenvalue weighted by molar-refractivity contribution is -0.645. The summed E-state index contributed by atoms with van der Waals surface area (Å²) < 4.78 is 42.7. The third-order valence-corrected chi connectivity index (χ3v) is 22.3. The maximum absolute atomic E-state index is 13.5. The molecule has 2 atom stereocenters. The largest absolute Gasteiger partial charge is 0.543 e. The highest BCUT2D eigenvalue weighted by molar-refractivity contribution is 6.74. The van der Waals surface area contributed by atoms with E-state index >= 15 is 0 Å². The van der Waals surface area contributed by atoms with Gasteiger partial charge in [-0.3, -0.25) is 0 Å². The van der Waals surface area contributed by atoms with Gasteiger partial charge in [-0.2, -0.15) is 9.78 Å². The highest BCUT2D eigenvalue weighted by Crippen LogP contribution is 2.71. The summed E-state index contributed by atoms with van der Waals surface area (Å²) in [6.45, 7) is 12.3. The molecule has 0 radical (unpaired) electrons. The van der Waals surface area contributed by atoms with Crippen molar-refractivity contribution in [3.05, 3.63) is 88.5 Å². The number of hydrogen-bond acceptors (Lipinski definition) is 13. The number of carbonyl (C=O) groups is 2. The van der Waals surface area contributed by atoms with E-state index in [1.807, 2.05) is 43.3 Å². The Balaban J connectivity index is 0.783. The number of aryl methyl sites for hydroxylation is 1. The molecule has 13 nitrogen and oxygen atoms in total. The normalized spacial score (nSPS) is 36.4. The van der Waals surface area contributed by atoms with Gasteiger partial charge in [-0.25, -0.2) is 19.4 Å². The van der Waals surface area contributed by atoms with Crippen LogP contribution < -0.4 is 13.9 Å². The molecule has 8 saturated carbocycles. The molecule has 8 bridgehead atoms. The summed E-state index contributed by atoms with van der Waals surface area (Å²) in [5.74, 6) is 3.20. The van der Waals surface area contributed by atoms with Gasteiger partial charge in [-0.05, 0) is 173 Å². The van der Waals surface area contributed by atoms with Gasteiger partial charge < -0.3 is 32.8 Å². The van der Waals surface area contributed by atoms with Crippen molar-refractivity contribution in [2.75, 3.05) is 14.2 Å². The van der Waals surface area contributed by atoms with E-state index in [1.165, 1.54) is 12.8 Å². The highest BCUT2D eigenvalue weighted by Gasteiger charge is 2.78. The molecule has 8 aliphatic carbocycles. The van der Waals surface area contributed by atoms with Crippen molar-refractivity contribution >= 4 is 20.6 Å². The Morgan fingerprint density at radius 3 is 1.31 bits per heavy atom. The molecule has 3 aromatic carbocycles. The molecule has 14 heteroatoms. The average molecular weight is 939 g/mol. The van der Waals surface area contributed by atoms with E-state index in [2.05, 4.69) is 33.9 Å². The molecule has 2 unspecified atom stereocenters. The molecule has 13 rings (SSSR count). The lowest BCUT2D eigenvalue weighted by atomic mass is 9.47. The Morgan fingerprint density at radius 2 is 0.985 bits per heavy atom. The van der Waals surface area contributed by atoms with Crippen LogP contribution in [0.25, 0.3) is 0 Å². The van der Waals surface area contributed by atoms with Gasteiger partial charge in [0.15, 0.2) is 11.2 Å². The highest BCUT2D eigenvalue weighted by atomic mass is 28.4. The van der Waals surface area contributed by atoms with E-state index in [-0.39, 0.29) is 18.3 Å². The molecule has 2 saturated heterocycles. The molecule has 2 heterocycles. The van der Waals surface area contributed by atoms with Crippen LogP contribution in [0.15, 0.2) is 60.7 Å². The zero-order chi connectivity index (χ0) is 46.7. The van der Waals surface area contributed by atoms with Crippen molar-refractivity contribution in [2.45, 2.75) is 146 Å². The lowest BCUT2D eigenvalue weighted by Gasteiger charge is -2.68. The van der Waals surface area contributed by atoms with Gasteiger partial charge in [-0.15, -0.1) is 0 Å². The second kappa shape index (κ2) is 16.3. The molecule has 0 aromatic heterocycles. The van der Waals surface area contributed by atoms with Gasteiger partial charge in [0.2, 0.25) is 0 Å². The quantitative estimate of drug-likeness (QED) is 0.0738. The van der Waals surface area contributed by atoms with Crippen LogP contribution in [0.5, 0.6) is 17.2 Å².